The third-order valence-corrected chi connectivity index (χ3v) is 3.74. The van der Waals surface area contributed by atoms with Gasteiger partial charge in [-0.25, -0.2) is 9.18 Å². The lowest BCUT2D eigenvalue weighted by Gasteiger charge is -2.30. The van der Waals surface area contributed by atoms with Crippen molar-refractivity contribution in [2.75, 3.05) is 5.32 Å². The maximum absolute atomic E-state index is 13.3. The number of amides is 3. The van der Waals surface area contributed by atoms with E-state index in [9.17, 15) is 14.0 Å². The van der Waals surface area contributed by atoms with Gasteiger partial charge in [0.05, 0.1) is 6.54 Å². The van der Waals surface area contributed by atoms with Crippen molar-refractivity contribution in [3.05, 3.63) is 29.6 Å². The number of fused-ring (bicyclic) bond motifs is 1. The number of urea groups is 1. The van der Waals surface area contributed by atoms with Crippen LogP contribution < -0.4 is 11.1 Å². The maximum atomic E-state index is 13.3. The molecular formula is C14H18FN3O2. The smallest absolute Gasteiger partial charge is 0.315 e. The number of hydrogen-bond acceptors (Lipinski definition) is 2. The van der Waals surface area contributed by atoms with E-state index in [-0.39, 0.29) is 18.4 Å². The summed E-state index contributed by atoms with van der Waals surface area (Å²) in [4.78, 5) is 25.3. The third kappa shape index (κ3) is 2.59. The van der Waals surface area contributed by atoms with Crippen molar-refractivity contribution in [3.63, 3.8) is 0 Å². The number of nitrogens with one attached hydrogen (secondary N) is 1. The van der Waals surface area contributed by atoms with Crippen molar-refractivity contribution in [1.82, 2.24) is 4.90 Å². The first-order chi connectivity index (χ1) is 9.43. The molecule has 2 atom stereocenters. The number of halogens is 1. The van der Waals surface area contributed by atoms with Crippen LogP contribution in [0.25, 0.3) is 0 Å². The summed E-state index contributed by atoms with van der Waals surface area (Å²) >= 11 is 0. The molecule has 1 aromatic carbocycles. The Kier molecular flexibility index (Phi) is 3.92. The minimum atomic E-state index is -0.678. The van der Waals surface area contributed by atoms with E-state index in [0.29, 0.717) is 11.3 Å². The molecule has 2 rings (SSSR count). The third-order valence-electron chi connectivity index (χ3n) is 3.74. The standard InChI is InChI=1S/C14H18FN3O2/c1-3-8(2)12-13(19)17-11-5-4-10(15)6-9(11)7-18(12)14(16)20/h4-6,8,12H,3,7H2,1-2H3,(H2,16,20)(H,17,19). The summed E-state index contributed by atoms with van der Waals surface area (Å²) in [6, 6.07) is 2.76. The van der Waals surface area contributed by atoms with Gasteiger partial charge >= 0.3 is 6.03 Å². The number of hydrogen-bond donors (Lipinski definition) is 2. The summed E-state index contributed by atoms with van der Waals surface area (Å²) in [5.74, 6) is -0.741. The quantitative estimate of drug-likeness (QED) is 0.869. The molecule has 0 spiro atoms. The Morgan fingerprint density at radius 2 is 2.30 bits per heavy atom. The van der Waals surface area contributed by atoms with Gasteiger partial charge < -0.3 is 16.0 Å². The summed E-state index contributed by atoms with van der Waals surface area (Å²) < 4.78 is 13.3. The van der Waals surface area contributed by atoms with Crippen molar-refractivity contribution in [2.45, 2.75) is 32.9 Å². The van der Waals surface area contributed by atoms with E-state index >= 15 is 0 Å². The number of primary amides is 1. The molecule has 5 nitrogen and oxygen atoms in total. The van der Waals surface area contributed by atoms with E-state index < -0.39 is 17.9 Å². The number of anilines is 1. The van der Waals surface area contributed by atoms with Gasteiger partial charge in [-0.3, -0.25) is 4.79 Å². The summed E-state index contributed by atoms with van der Waals surface area (Å²) in [6.45, 7) is 3.95. The Labute approximate surface area is 116 Å². The first-order valence-electron chi connectivity index (χ1n) is 6.59. The van der Waals surface area contributed by atoms with Gasteiger partial charge in [-0.05, 0) is 29.7 Å². The van der Waals surface area contributed by atoms with Crippen LogP contribution in [-0.4, -0.2) is 22.9 Å². The Hall–Kier alpha value is -2.11. The first kappa shape index (κ1) is 14.3. The molecule has 3 N–H and O–H groups in total. The minimum Gasteiger partial charge on any atom is -0.351 e. The zero-order valence-corrected chi connectivity index (χ0v) is 11.5. The van der Waals surface area contributed by atoms with Gasteiger partial charge in [0, 0.05) is 5.69 Å². The van der Waals surface area contributed by atoms with Crippen molar-refractivity contribution >= 4 is 17.6 Å². The van der Waals surface area contributed by atoms with E-state index in [1.807, 2.05) is 13.8 Å². The van der Waals surface area contributed by atoms with E-state index in [0.717, 1.165) is 6.42 Å². The Morgan fingerprint density at radius 1 is 1.60 bits per heavy atom. The fourth-order valence-corrected chi connectivity index (χ4v) is 2.45. The molecule has 0 bridgehead atoms. The van der Waals surface area contributed by atoms with Gasteiger partial charge in [0.1, 0.15) is 11.9 Å². The van der Waals surface area contributed by atoms with Crippen LogP contribution in [0.2, 0.25) is 0 Å². The second-order valence-electron chi connectivity index (χ2n) is 5.09. The topological polar surface area (TPSA) is 75.4 Å². The molecule has 20 heavy (non-hydrogen) atoms. The van der Waals surface area contributed by atoms with E-state index in [4.69, 9.17) is 5.73 Å². The largest absolute Gasteiger partial charge is 0.351 e. The molecule has 6 heteroatoms. The van der Waals surface area contributed by atoms with E-state index in [1.165, 1.54) is 23.1 Å². The number of carbonyl (C=O) groups excluding carboxylic acids is 2. The van der Waals surface area contributed by atoms with E-state index in [1.54, 1.807) is 0 Å². The zero-order chi connectivity index (χ0) is 14.9. The van der Waals surface area contributed by atoms with Crippen LogP contribution in [0.1, 0.15) is 25.8 Å². The molecule has 1 aromatic rings. The highest BCUT2D eigenvalue weighted by Crippen LogP contribution is 2.27. The van der Waals surface area contributed by atoms with Crippen molar-refractivity contribution in [1.29, 1.82) is 0 Å². The number of nitrogens with zero attached hydrogens (tertiary/aromatic N) is 1. The fraction of sp³-hybridized carbons (Fsp3) is 0.429. The van der Waals surface area contributed by atoms with Crippen molar-refractivity contribution in [3.8, 4) is 0 Å². The molecule has 0 saturated carbocycles. The van der Waals surface area contributed by atoms with Crippen LogP contribution in [-0.2, 0) is 11.3 Å². The lowest BCUT2D eigenvalue weighted by atomic mass is 9.97. The predicted molar refractivity (Wildman–Crippen MR) is 73.4 cm³/mol. The van der Waals surface area contributed by atoms with Gasteiger partial charge in [0.2, 0.25) is 5.91 Å². The molecule has 1 aliphatic heterocycles. The zero-order valence-electron chi connectivity index (χ0n) is 11.5. The fourth-order valence-electron chi connectivity index (χ4n) is 2.45. The maximum Gasteiger partial charge on any atom is 0.315 e. The average Bonchev–Trinajstić information content (AvgIpc) is 2.53. The highest BCUT2D eigenvalue weighted by molar-refractivity contribution is 5.98. The molecule has 1 heterocycles. The van der Waals surface area contributed by atoms with Crippen LogP contribution in [0.3, 0.4) is 0 Å². The number of carbonyl (C=O) groups is 2. The highest BCUT2D eigenvalue weighted by atomic mass is 19.1. The predicted octanol–water partition coefficient (Wildman–Crippen LogP) is 2.07. The molecule has 0 radical (unpaired) electrons. The van der Waals surface area contributed by atoms with Crippen LogP contribution >= 0.6 is 0 Å². The van der Waals surface area contributed by atoms with Crippen LogP contribution in [0.4, 0.5) is 14.9 Å². The Balaban J connectivity index is 2.45. The summed E-state index contributed by atoms with van der Waals surface area (Å²) in [5, 5.41) is 2.74. The SMILES string of the molecule is CCC(C)C1C(=O)Nc2ccc(F)cc2CN1C(N)=O. The highest BCUT2D eigenvalue weighted by Gasteiger charge is 2.35. The monoisotopic (exact) mass is 279 g/mol. The van der Waals surface area contributed by atoms with Crippen LogP contribution in [0, 0.1) is 11.7 Å². The molecule has 0 aliphatic carbocycles. The van der Waals surface area contributed by atoms with Crippen molar-refractivity contribution < 1.29 is 14.0 Å². The minimum absolute atomic E-state index is 0.0401. The Morgan fingerprint density at radius 3 is 2.90 bits per heavy atom. The molecule has 0 aromatic heterocycles. The van der Waals surface area contributed by atoms with Gasteiger partial charge in [-0.15, -0.1) is 0 Å². The lowest BCUT2D eigenvalue weighted by Crippen LogP contribution is -2.50. The normalized spacial score (nSPS) is 19.9. The molecular weight excluding hydrogens is 261 g/mol. The Bertz CT molecular complexity index is 547. The second kappa shape index (κ2) is 5.48. The molecule has 108 valence electrons. The van der Waals surface area contributed by atoms with Gasteiger partial charge in [-0.1, -0.05) is 20.3 Å². The van der Waals surface area contributed by atoms with Gasteiger partial charge in [0.15, 0.2) is 0 Å². The average molecular weight is 279 g/mol. The summed E-state index contributed by atoms with van der Waals surface area (Å²) in [6.07, 6.45) is 0.729. The van der Waals surface area contributed by atoms with Gasteiger partial charge in [-0.2, -0.15) is 0 Å². The summed E-state index contributed by atoms with van der Waals surface area (Å²) in [7, 11) is 0. The molecule has 0 fully saturated rings. The molecule has 3 amide bonds. The van der Waals surface area contributed by atoms with Crippen LogP contribution in [0.5, 0.6) is 0 Å². The molecule has 2 unspecified atom stereocenters. The van der Waals surface area contributed by atoms with E-state index in [2.05, 4.69) is 5.32 Å². The summed E-state index contributed by atoms with van der Waals surface area (Å²) in [5.41, 5.74) is 6.46. The number of benzene rings is 1. The lowest BCUT2D eigenvalue weighted by molar-refractivity contribution is -0.121. The van der Waals surface area contributed by atoms with Crippen molar-refractivity contribution in [2.24, 2.45) is 11.7 Å². The molecule has 0 saturated heterocycles. The number of nitrogens with two attached hydrogens (primary N) is 1. The first-order valence-corrected chi connectivity index (χ1v) is 6.59. The molecule has 1 aliphatic rings. The number of rotatable bonds is 2. The van der Waals surface area contributed by atoms with Gasteiger partial charge in [0.25, 0.3) is 0 Å². The second-order valence-corrected chi connectivity index (χ2v) is 5.09. The van der Waals surface area contributed by atoms with Crippen LogP contribution in [0.15, 0.2) is 18.2 Å².